The molecule has 0 radical (unpaired) electrons. The SMILES string of the molecule is CC1=NN(C)S(=O)(=O)c2ccc(C)cc21. The number of fused-ring (bicyclic) bond motifs is 1. The summed E-state index contributed by atoms with van der Waals surface area (Å²) < 4.78 is 24.8. The number of nitrogens with zero attached hydrogens (tertiary/aromatic N) is 2. The molecule has 0 saturated carbocycles. The highest BCUT2D eigenvalue weighted by molar-refractivity contribution is 7.89. The summed E-state index contributed by atoms with van der Waals surface area (Å²) in [5.74, 6) is 0. The van der Waals surface area contributed by atoms with Gasteiger partial charge in [-0.15, -0.1) is 0 Å². The molecule has 4 nitrogen and oxygen atoms in total. The first-order chi connectivity index (χ1) is 6.93. The predicted molar refractivity (Wildman–Crippen MR) is 58.3 cm³/mol. The normalized spacial score (nSPS) is 18.3. The fourth-order valence-electron chi connectivity index (χ4n) is 1.61. The Morgan fingerprint density at radius 1 is 1.27 bits per heavy atom. The van der Waals surface area contributed by atoms with E-state index in [9.17, 15) is 8.42 Å². The van der Waals surface area contributed by atoms with Crippen molar-refractivity contribution in [3.05, 3.63) is 29.3 Å². The summed E-state index contributed by atoms with van der Waals surface area (Å²) in [7, 11) is -1.98. The summed E-state index contributed by atoms with van der Waals surface area (Å²) in [6.45, 7) is 3.74. The van der Waals surface area contributed by atoms with E-state index in [1.165, 1.54) is 7.05 Å². The third kappa shape index (κ3) is 1.43. The molecule has 1 aromatic carbocycles. The van der Waals surface area contributed by atoms with Gasteiger partial charge in [-0.05, 0) is 26.0 Å². The molecule has 15 heavy (non-hydrogen) atoms. The Hall–Kier alpha value is -1.36. The first-order valence-corrected chi connectivity index (χ1v) is 6.02. The number of benzene rings is 1. The molecule has 1 aromatic rings. The van der Waals surface area contributed by atoms with Crippen LogP contribution >= 0.6 is 0 Å². The molecule has 0 amide bonds. The summed E-state index contributed by atoms with van der Waals surface area (Å²) in [5, 5.41) is 3.98. The highest BCUT2D eigenvalue weighted by Crippen LogP contribution is 2.25. The Kier molecular flexibility index (Phi) is 2.08. The van der Waals surface area contributed by atoms with E-state index >= 15 is 0 Å². The average Bonchev–Trinajstić information content (AvgIpc) is 2.15. The lowest BCUT2D eigenvalue weighted by molar-refractivity contribution is 0.485. The second-order valence-corrected chi connectivity index (χ2v) is 5.54. The molecule has 0 aliphatic carbocycles. The first-order valence-electron chi connectivity index (χ1n) is 4.58. The Bertz CT molecular complexity index is 547. The van der Waals surface area contributed by atoms with Crippen LogP contribution in [0.25, 0.3) is 0 Å². The van der Waals surface area contributed by atoms with Gasteiger partial charge in [0.1, 0.15) is 0 Å². The van der Waals surface area contributed by atoms with Crippen LogP contribution in [0.3, 0.4) is 0 Å². The Morgan fingerprint density at radius 2 is 1.93 bits per heavy atom. The number of aryl methyl sites for hydroxylation is 1. The third-order valence-corrected chi connectivity index (χ3v) is 4.13. The summed E-state index contributed by atoms with van der Waals surface area (Å²) in [6, 6.07) is 5.27. The van der Waals surface area contributed by atoms with Crippen LogP contribution < -0.4 is 0 Å². The highest BCUT2D eigenvalue weighted by atomic mass is 32.2. The molecule has 0 fully saturated rings. The highest BCUT2D eigenvalue weighted by Gasteiger charge is 2.28. The lowest BCUT2D eigenvalue weighted by Gasteiger charge is -2.22. The molecule has 0 unspecified atom stereocenters. The van der Waals surface area contributed by atoms with Gasteiger partial charge < -0.3 is 0 Å². The fraction of sp³-hybridized carbons (Fsp3) is 0.300. The van der Waals surface area contributed by atoms with Crippen molar-refractivity contribution in [2.75, 3.05) is 7.05 Å². The Balaban J connectivity index is 2.80. The van der Waals surface area contributed by atoms with Crippen LogP contribution in [-0.2, 0) is 10.0 Å². The number of hydrazone groups is 1. The zero-order valence-electron chi connectivity index (χ0n) is 8.85. The minimum atomic E-state index is -3.42. The molecule has 0 N–H and O–H groups in total. The van der Waals surface area contributed by atoms with Crippen LogP contribution in [0.5, 0.6) is 0 Å². The maximum atomic E-state index is 11.9. The predicted octanol–water partition coefficient (Wildman–Crippen LogP) is 1.35. The maximum Gasteiger partial charge on any atom is 0.279 e. The van der Waals surface area contributed by atoms with Crippen molar-refractivity contribution in [1.82, 2.24) is 4.41 Å². The quantitative estimate of drug-likeness (QED) is 0.668. The molecule has 80 valence electrons. The molecule has 1 heterocycles. The molecule has 5 heteroatoms. The van der Waals surface area contributed by atoms with E-state index in [0.29, 0.717) is 10.5 Å². The van der Waals surface area contributed by atoms with Crippen molar-refractivity contribution >= 4 is 15.7 Å². The van der Waals surface area contributed by atoms with E-state index in [4.69, 9.17) is 0 Å². The second-order valence-electron chi connectivity index (χ2n) is 3.62. The van der Waals surface area contributed by atoms with Gasteiger partial charge in [0.2, 0.25) is 0 Å². The largest absolute Gasteiger partial charge is 0.279 e. The van der Waals surface area contributed by atoms with Gasteiger partial charge in [-0.1, -0.05) is 11.6 Å². The molecule has 0 saturated heterocycles. The molecule has 0 aromatic heterocycles. The summed E-state index contributed by atoms with van der Waals surface area (Å²) >= 11 is 0. The van der Waals surface area contributed by atoms with Crippen LogP contribution in [-0.4, -0.2) is 25.6 Å². The monoisotopic (exact) mass is 224 g/mol. The summed E-state index contributed by atoms with van der Waals surface area (Å²) in [4.78, 5) is 0.336. The molecule has 1 aliphatic heterocycles. The number of rotatable bonds is 0. The number of hydrogen-bond donors (Lipinski definition) is 0. The Labute approximate surface area is 89.3 Å². The van der Waals surface area contributed by atoms with Gasteiger partial charge in [-0.2, -0.15) is 17.9 Å². The minimum absolute atomic E-state index is 0.336. The van der Waals surface area contributed by atoms with E-state index in [0.717, 1.165) is 15.7 Å². The van der Waals surface area contributed by atoms with Crippen molar-refractivity contribution < 1.29 is 8.42 Å². The first kappa shape index (κ1) is 10.2. The third-order valence-electron chi connectivity index (χ3n) is 2.44. The van der Waals surface area contributed by atoms with Gasteiger partial charge in [0.05, 0.1) is 10.6 Å². The molecule has 0 spiro atoms. The van der Waals surface area contributed by atoms with E-state index in [1.54, 1.807) is 12.1 Å². The fourth-order valence-corrected chi connectivity index (χ4v) is 2.85. The van der Waals surface area contributed by atoms with E-state index in [2.05, 4.69) is 5.10 Å². The molecular formula is C10H12N2O2S. The van der Waals surface area contributed by atoms with Gasteiger partial charge >= 0.3 is 0 Å². The van der Waals surface area contributed by atoms with Crippen molar-refractivity contribution in [1.29, 1.82) is 0 Å². The zero-order valence-corrected chi connectivity index (χ0v) is 9.67. The molecule has 0 atom stereocenters. The molecule has 1 aliphatic rings. The van der Waals surface area contributed by atoms with Gasteiger partial charge in [0.25, 0.3) is 10.0 Å². The van der Waals surface area contributed by atoms with Gasteiger partial charge in [0, 0.05) is 12.6 Å². The minimum Gasteiger partial charge on any atom is -0.200 e. The summed E-state index contributed by atoms with van der Waals surface area (Å²) in [6.07, 6.45) is 0. The van der Waals surface area contributed by atoms with Crippen LogP contribution in [0.2, 0.25) is 0 Å². The van der Waals surface area contributed by atoms with Gasteiger partial charge in [-0.25, -0.2) is 0 Å². The van der Waals surface area contributed by atoms with Gasteiger partial charge in [-0.3, -0.25) is 0 Å². The van der Waals surface area contributed by atoms with Crippen molar-refractivity contribution in [2.24, 2.45) is 5.10 Å². The van der Waals surface area contributed by atoms with Crippen molar-refractivity contribution in [2.45, 2.75) is 18.7 Å². The lowest BCUT2D eigenvalue weighted by atomic mass is 10.1. The number of sulfonamides is 1. The van der Waals surface area contributed by atoms with Gasteiger partial charge in [0.15, 0.2) is 0 Å². The van der Waals surface area contributed by atoms with Crippen LogP contribution in [0, 0.1) is 6.92 Å². The van der Waals surface area contributed by atoms with E-state index in [-0.39, 0.29) is 0 Å². The molecule has 2 rings (SSSR count). The lowest BCUT2D eigenvalue weighted by Crippen LogP contribution is -2.29. The van der Waals surface area contributed by atoms with Crippen LogP contribution in [0.4, 0.5) is 0 Å². The van der Waals surface area contributed by atoms with E-state index < -0.39 is 10.0 Å². The zero-order chi connectivity index (χ0) is 11.2. The van der Waals surface area contributed by atoms with Crippen LogP contribution in [0.1, 0.15) is 18.1 Å². The second kappa shape index (κ2) is 3.06. The Morgan fingerprint density at radius 3 is 2.60 bits per heavy atom. The molecule has 0 bridgehead atoms. The topological polar surface area (TPSA) is 49.7 Å². The standard InChI is InChI=1S/C10H12N2O2S/c1-7-4-5-10-9(6-7)8(2)11-12(3)15(10,13)14/h4-6H,1-3H3. The smallest absolute Gasteiger partial charge is 0.200 e. The van der Waals surface area contributed by atoms with Crippen molar-refractivity contribution in [3.63, 3.8) is 0 Å². The van der Waals surface area contributed by atoms with Crippen molar-refractivity contribution in [3.8, 4) is 0 Å². The van der Waals surface area contributed by atoms with Crippen LogP contribution in [0.15, 0.2) is 28.2 Å². The van der Waals surface area contributed by atoms with E-state index in [1.807, 2.05) is 19.9 Å². The maximum absolute atomic E-state index is 11.9. The molecular weight excluding hydrogens is 212 g/mol. The average molecular weight is 224 g/mol. The summed E-state index contributed by atoms with van der Waals surface area (Å²) in [5.41, 5.74) is 2.46. The number of hydrogen-bond acceptors (Lipinski definition) is 3.